The van der Waals surface area contributed by atoms with Crippen molar-refractivity contribution in [1.82, 2.24) is 20.4 Å². The summed E-state index contributed by atoms with van der Waals surface area (Å²) >= 11 is 0. The molecule has 8 heteroatoms. The van der Waals surface area contributed by atoms with E-state index in [-0.39, 0.29) is 54.4 Å². The van der Waals surface area contributed by atoms with Crippen molar-refractivity contribution < 1.29 is 9.59 Å². The molecule has 0 atom stereocenters. The molecule has 2 amide bonds. The minimum atomic E-state index is -0.298. The molecule has 2 N–H and O–H groups in total. The second-order valence-electron chi connectivity index (χ2n) is 7.42. The number of nitrogens with one attached hydrogen (secondary N) is 2. The molecule has 1 aromatic rings. The second kappa shape index (κ2) is 11.8. The van der Waals surface area contributed by atoms with Gasteiger partial charge in [-0.1, -0.05) is 30.3 Å². The molecular formula is C19H32IN5O2. The first-order chi connectivity index (χ1) is 12.1. The highest BCUT2D eigenvalue weighted by Gasteiger charge is 2.17. The maximum Gasteiger partial charge on any atom is 0.241 e. The average Bonchev–Trinajstić information content (AvgIpc) is 2.53. The largest absolute Gasteiger partial charge is 0.350 e. The van der Waals surface area contributed by atoms with Crippen molar-refractivity contribution in [2.75, 3.05) is 34.2 Å². The number of hydrogen-bond donors (Lipinski definition) is 2. The maximum atomic E-state index is 12.2. The molecule has 152 valence electrons. The van der Waals surface area contributed by atoms with Crippen molar-refractivity contribution in [2.24, 2.45) is 4.99 Å². The Labute approximate surface area is 179 Å². The van der Waals surface area contributed by atoms with Gasteiger partial charge in [-0.3, -0.25) is 9.59 Å². The summed E-state index contributed by atoms with van der Waals surface area (Å²) in [5.41, 5.74) is 0.756. The van der Waals surface area contributed by atoms with Gasteiger partial charge in [-0.25, -0.2) is 4.99 Å². The van der Waals surface area contributed by atoms with Gasteiger partial charge in [-0.05, 0) is 26.3 Å². The van der Waals surface area contributed by atoms with Gasteiger partial charge in [0, 0.05) is 26.7 Å². The number of hydrogen-bond acceptors (Lipinski definition) is 3. The van der Waals surface area contributed by atoms with Gasteiger partial charge in [0.05, 0.1) is 19.6 Å². The summed E-state index contributed by atoms with van der Waals surface area (Å²) in [5, 5.41) is 5.97. The number of carbonyl (C=O) groups excluding carboxylic acids is 2. The first-order valence-electron chi connectivity index (χ1n) is 8.63. The Morgan fingerprint density at radius 3 is 2.19 bits per heavy atom. The normalized spacial score (nSPS) is 11.3. The molecule has 1 aromatic carbocycles. The van der Waals surface area contributed by atoms with E-state index >= 15 is 0 Å². The lowest BCUT2D eigenvalue weighted by atomic mass is 10.1. The van der Waals surface area contributed by atoms with Crippen LogP contribution in [0.25, 0.3) is 0 Å². The van der Waals surface area contributed by atoms with Crippen molar-refractivity contribution in [2.45, 2.75) is 32.9 Å². The second-order valence-corrected chi connectivity index (χ2v) is 7.42. The topological polar surface area (TPSA) is 77.0 Å². The fourth-order valence-corrected chi connectivity index (χ4v) is 2.12. The molecule has 0 aromatic heterocycles. The third kappa shape index (κ3) is 10.8. The molecule has 0 fully saturated rings. The number of carbonyl (C=O) groups is 2. The van der Waals surface area contributed by atoms with Gasteiger partial charge in [-0.15, -0.1) is 24.0 Å². The van der Waals surface area contributed by atoms with Crippen LogP contribution in [0.4, 0.5) is 0 Å². The third-order valence-electron chi connectivity index (χ3n) is 3.41. The standard InChI is InChI=1S/C19H31N5O2.HI/c1-19(2,3)22-16(25)14-24(6)18(21-13-17(26)23(4)5)20-12-15-10-8-7-9-11-15;/h7-11H,12-14H2,1-6H3,(H,20,21)(H,22,25);1H. The highest BCUT2D eigenvalue weighted by molar-refractivity contribution is 14.0. The quantitative estimate of drug-likeness (QED) is 0.362. The Kier molecular flexibility index (Phi) is 11.0. The van der Waals surface area contributed by atoms with Crippen LogP contribution in [0.5, 0.6) is 0 Å². The highest BCUT2D eigenvalue weighted by atomic mass is 127. The van der Waals surface area contributed by atoms with Crippen LogP contribution in [0.2, 0.25) is 0 Å². The Morgan fingerprint density at radius 2 is 1.67 bits per heavy atom. The zero-order valence-corrected chi connectivity index (χ0v) is 19.4. The molecule has 0 bridgehead atoms. The number of likely N-dealkylation sites (N-methyl/N-ethyl adjacent to an activating group) is 2. The van der Waals surface area contributed by atoms with Crippen LogP contribution in [0.3, 0.4) is 0 Å². The predicted molar refractivity (Wildman–Crippen MR) is 120 cm³/mol. The van der Waals surface area contributed by atoms with Crippen molar-refractivity contribution in [3.63, 3.8) is 0 Å². The summed E-state index contributed by atoms with van der Waals surface area (Å²) in [5.74, 6) is 0.339. The molecule has 0 heterocycles. The summed E-state index contributed by atoms with van der Waals surface area (Å²) in [7, 11) is 5.18. The van der Waals surface area contributed by atoms with Crippen LogP contribution in [-0.2, 0) is 16.1 Å². The Balaban J connectivity index is 0.00000676. The summed E-state index contributed by atoms with van der Waals surface area (Å²) in [6.45, 7) is 6.53. The first kappa shape index (κ1) is 25.2. The van der Waals surface area contributed by atoms with Gasteiger partial charge < -0.3 is 20.4 Å². The van der Waals surface area contributed by atoms with Crippen LogP contribution in [0, 0.1) is 0 Å². The van der Waals surface area contributed by atoms with Gasteiger partial charge in [0.25, 0.3) is 0 Å². The first-order valence-corrected chi connectivity index (χ1v) is 8.63. The zero-order chi connectivity index (χ0) is 19.7. The van der Waals surface area contributed by atoms with Crippen molar-refractivity contribution in [3.05, 3.63) is 35.9 Å². The molecule has 27 heavy (non-hydrogen) atoms. The molecule has 0 aliphatic rings. The van der Waals surface area contributed by atoms with E-state index in [1.54, 1.807) is 26.0 Å². The number of halogens is 1. The van der Waals surface area contributed by atoms with E-state index in [0.29, 0.717) is 12.5 Å². The van der Waals surface area contributed by atoms with E-state index in [2.05, 4.69) is 15.6 Å². The molecule has 0 aliphatic carbocycles. The number of guanidine groups is 1. The molecule has 0 saturated heterocycles. The SMILES string of the molecule is CN(C)C(=O)CNC(=NCc1ccccc1)N(C)CC(=O)NC(C)(C)C.I. The lowest BCUT2D eigenvalue weighted by Crippen LogP contribution is -2.50. The van der Waals surface area contributed by atoms with Crippen LogP contribution < -0.4 is 10.6 Å². The third-order valence-corrected chi connectivity index (χ3v) is 3.41. The van der Waals surface area contributed by atoms with Crippen LogP contribution >= 0.6 is 24.0 Å². The Morgan fingerprint density at radius 1 is 1.07 bits per heavy atom. The maximum absolute atomic E-state index is 12.2. The molecule has 0 aliphatic heterocycles. The van der Waals surface area contributed by atoms with E-state index < -0.39 is 0 Å². The van der Waals surface area contributed by atoms with Crippen LogP contribution in [-0.4, -0.2) is 67.3 Å². The number of rotatable bonds is 6. The molecule has 0 saturated carbocycles. The van der Waals surface area contributed by atoms with Gasteiger partial charge in [0.2, 0.25) is 11.8 Å². The van der Waals surface area contributed by atoms with Crippen molar-refractivity contribution in [1.29, 1.82) is 0 Å². The monoisotopic (exact) mass is 489 g/mol. The van der Waals surface area contributed by atoms with E-state index in [9.17, 15) is 9.59 Å². The minimum Gasteiger partial charge on any atom is -0.350 e. The summed E-state index contributed by atoms with van der Waals surface area (Å²) < 4.78 is 0. The summed E-state index contributed by atoms with van der Waals surface area (Å²) in [4.78, 5) is 31.8. The van der Waals surface area contributed by atoms with Gasteiger partial charge >= 0.3 is 0 Å². The predicted octanol–water partition coefficient (Wildman–Crippen LogP) is 1.68. The van der Waals surface area contributed by atoms with Crippen LogP contribution in [0.1, 0.15) is 26.3 Å². The average molecular weight is 489 g/mol. The number of benzene rings is 1. The lowest BCUT2D eigenvalue weighted by Gasteiger charge is -2.26. The Bertz CT molecular complexity index is 627. The van der Waals surface area contributed by atoms with E-state index in [1.165, 1.54) is 4.90 Å². The van der Waals surface area contributed by atoms with E-state index in [0.717, 1.165) is 5.56 Å². The number of nitrogens with zero attached hydrogens (tertiary/aromatic N) is 3. The van der Waals surface area contributed by atoms with Gasteiger partial charge in [0.15, 0.2) is 5.96 Å². The fourth-order valence-electron chi connectivity index (χ4n) is 2.12. The molecular weight excluding hydrogens is 457 g/mol. The number of amides is 2. The van der Waals surface area contributed by atoms with Gasteiger partial charge in [-0.2, -0.15) is 0 Å². The molecule has 0 radical (unpaired) electrons. The molecule has 0 unspecified atom stereocenters. The number of aliphatic imine (C=N–C) groups is 1. The van der Waals surface area contributed by atoms with Crippen molar-refractivity contribution >= 4 is 41.8 Å². The van der Waals surface area contributed by atoms with E-state index in [4.69, 9.17) is 0 Å². The van der Waals surface area contributed by atoms with Crippen LogP contribution in [0.15, 0.2) is 35.3 Å². The fraction of sp³-hybridized carbons (Fsp3) is 0.526. The summed E-state index contributed by atoms with van der Waals surface area (Å²) in [6.07, 6.45) is 0. The van der Waals surface area contributed by atoms with Gasteiger partial charge in [0.1, 0.15) is 0 Å². The smallest absolute Gasteiger partial charge is 0.241 e. The lowest BCUT2D eigenvalue weighted by molar-refractivity contribution is -0.127. The minimum absolute atomic E-state index is 0. The van der Waals surface area contributed by atoms with E-state index in [1.807, 2.05) is 51.1 Å². The highest BCUT2D eigenvalue weighted by Crippen LogP contribution is 2.02. The Hall–Kier alpha value is -1.84. The van der Waals surface area contributed by atoms with Crippen molar-refractivity contribution in [3.8, 4) is 0 Å². The molecule has 0 spiro atoms. The summed E-state index contributed by atoms with van der Waals surface area (Å²) in [6, 6.07) is 9.82. The molecule has 1 rings (SSSR count). The molecule has 7 nitrogen and oxygen atoms in total. The zero-order valence-electron chi connectivity index (χ0n) is 17.1.